The lowest BCUT2D eigenvalue weighted by atomic mass is 10.2. The van der Waals surface area contributed by atoms with Gasteiger partial charge >= 0.3 is 6.09 Å². The molecule has 1 fully saturated rings. The summed E-state index contributed by atoms with van der Waals surface area (Å²) in [6.07, 6.45) is 5.06. The number of carboxylic acid groups (broad SMARTS) is 1. The molecular formula is C14H17N5O3. The van der Waals surface area contributed by atoms with E-state index in [1.165, 1.54) is 17.7 Å². The van der Waals surface area contributed by atoms with Crippen LogP contribution in [0.4, 0.5) is 4.79 Å². The molecule has 0 spiro atoms. The summed E-state index contributed by atoms with van der Waals surface area (Å²) in [6.45, 7) is 0.806. The van der Waals surface area contributed by atoms with E-state index in [2.05, 4.69) is 10.1 Å². The third-order valence-electron chi connectivity index (χ3n) is 4.66. The summed E-state index contributed by atoms with van der Waals surface area (Å²) in [5.74, 6) is 0.505. The molecule has 1 aliphatic carbocycles. The monoisotopic (exact) mass is 303 g/mol. The van der Waals surface area contributed by atoms with E-state index >= 15 is 0 Å². The summed E-state index contributed by atoms with van der Waals surface area (Å²) in [7, 11) is 0. The van der Waals surface area contributed by atoms with Crippen LogP contribution in [0.1, 0.15) is 37.5 Å². The lowest BCUT2D eigenvalue weighted by molar-refractivity contribution is 0.130. The Bertz CT molecular complexity index is 803. The molecule has 1 saturated carbocycles. The SMILES string of the molecule is O=C(O)N1CCn2c(nc3c(cnn3C3CCCC3)c2=O)C1. The van der Waals surface area contributed by atoms with Crippen molar-refractivity contribution in [3.63, 3.8) is 0 Å². The number of aromatic nitrogens is 4. The Morgan fingerprint density at radius 1 is 1.27 bits per heavy atom. The zero-order valence-corrected chi connectivity index (χ0v) is 12.1. The number of amides is 1. The number of nitrogens with zero attached hydrogens (tertiary/aromatic N) is 5. The molecule has 2 aromatic rings. The van der Waals surface area contributed by atoms with Crippen molar-refractivity contribution in [1.29, 1.82) is 0 Å². The Morgan fingerprint density at radius 2 is 2.05 bits per heavy atom. The number of hydrogen-bond acceptors (Lipinski definition) is 4. The summed E-state index contributed by atoms with van der Waals surface area (Å²) in [5.41, 5.74) is 0.477. The first-order valence-corrected chi connectivity index (χ1v) is 7.60. The van der Waals surface area contributed by atoms with E-state index in [1.54, 1.807) is 10.8 Å². The van der Waals surface area contributed by atoms with Gasteiger partial charge in [0, 0.05) is 13.1 Å². The lowest BCUT2D eigenvalue weighted by Gasteiger charge is -2.26. The molecule has 1 N–H and O–H groups in total. The summed E-state index contributed by atoms with van der Waals surface area (Å²) in [4.78, 5) is 29.6. The molecule has 116 valence electrons. The van der Waals surface area contributed by atoms with Crippen molar-refractivity contribution in [3.05, 3.63) is 22.4 Å². The van der Waals surface area contributed by atoms with E-state index < -0.39 is 6.09 Å². The fourth-order valence-electron chi connectivity index (χ4n) is 3.46. The number of carbonyl (C=O) groups is 1. The molecule has 4 rings (SSSR count). The Morgan fingerprint density at radius 3 is 2.77 bits per heavy atom. The quantitative estimate of drug-likeness (QED) is 0.854. The highest BCUT2D eigenvalue weighted by Gasteiger charge is 2.26. The van der Waals surface area contributed by atoms with Crippen molar-refractivity contribution in [1.82, 2.24) is 24.2 Å². The maximum Gasteiger partial charge on any atom is 0.407 e. The number of rotatable bonds is 1. The molecular weight excluding hydrogens is 286 g/mol. The highest BCUT2D eigenvalue weighted by molar-refractivity contribution is 5.73. The molecule has 1 aliphatic heterocycles. The van der Waals surface area contributed by atoms with Crippen molar-refractivity contribution in [2.45, 2.75) is 44.8 Å². The van der Waals surface area contributed by atoms with Crippen LogP contribution < -0.4 is 5.56 Å². The van der Waals surface area contributed by atoms with Crippen molar-refractivity contribution in [3.8, 4) is 0 Å². The van der Waals surface area contributed by atoms with Gasteiger partial charge in [0.05, 0.1) is 18.8 Å². The van der Waals surface area contributed by atoms with Gasteiger partial charge < -0.3 is 5.11 Å². The van der Waals surface area contributed by atoms with E-state index in [0.29, 0.717) is 36.0 Å². The van der Waals surface area contributed by atoms with Crippen LogP contribution in [0.3, 0.4) is 0 Å². The van der Waals surface area contributed by atoms with E-state index in [4.69, 9.17) is 5.11 Å². The first-order chi connectivity index (χ1) is 10.6. The number of fused-ring (bicyclic) bond motifs is 2. The van der Waals surface area contributed by atoms with E-state index in [0.717, 1.165) is 12.8 Å². The third-order valence-corrected chi connectivity index (χ3v) is 4.66. The van der Waals surface area contributed by atoms with Gasteiger partial charge in [-0.1, -0.05) is 12.8 Å². The van der Waals surface area contributed by atoms with Crippen molar-refractivity contribution >= 4 is 17.1 Å². The van der Waals surface area contributed by atoms with Crippen LogP contribution in [0.2, 0.25) is 0 Å². The van der Waals surface area contributed by atoms with Crippen molar-refractivity contribution in [2.75, 3.05) is 6.54 Å². The van der Waals surface area contributed by atoms with E-state index in [-0.39, 0.29) is 12.1 Å². The standard InChI is InChI=1S/C14H17N5O3/c20-13-10-7-15-19(9-3-1-2-4-9)12(10)16-11-8-17(14(21)22)5-6-18(11)13/h7,9H,1-6,8H2,(H,21,22). The maximum atomic E-state index is 12.6. The largest absolute Gasteiger partial charge is 0.465 e. The highest BCUT2D eigenvalue weighted by atomic mass is 16.4. The van der Waals surface area contributed by atoms with E-state index in [9.17, 15) is 9.59 Å². The molecule has 0 radical (unpaired) electrons. The van der Waals surface area contributed by atoms with Gasteiger partial charge in [0.2, 0.25) is 0 Å². The van der Waals surface area contributed by atoms with Gasteiger partial charge in [-0.05, 0) is 12.8 Å². The smallest absolute Gasteiger partial charge is 0.407 e. The van der Waals surface area contributed by atoms with Crippen LogP contribution in [-0.4, -0.2) is 42.0 Å². The van der Waals surface area contributed by atoms with Crippen LogP contribution in [0, 0.1) is 0 Å². The van der Waals surface area contributed by atoms with Crippen molar-refractivity contribution in [2.24, 2.45) is 0 Å². The minimum absolute atomic E-state index is 0.116. The van der Waals surface area contributed by atoms with Crippen LogP contribution in [0.15, 0.2) is 11.0 Å². The Kier molecular flexibility index (Phi) is 2.91. The summed E-state index contributed by atoms with van der Waals surface area (Å²) in [5, 5.41) is 14.0. The lowest BCUT2D eigenvalue weighted by Crippen LogP contribution is -2.42. The highest BCUT2D eigenvalue weighted by Crippen LogP contribution is 2.30. The topological polar surface area (TPSA) is 93.2 Å². The fraction of sp³-hybridized carbons (Fsp3) is 0.571. The van der Waals surface area contributed by atoms with Gasteiger partial charge in [-0.15, -0.1) is 0 Å². The molecule has 3 heterocycles. The second-order valence-corrected chi connectivity index (χ2v) is 5.95. The second-order valence-electron chi connectivity index (χ2n) is 5.95. The van der Waals surface area contributed by atoms with Gasteiger partial charge in [0.15, 0.2) is 5.65 Å². The van der Waals surface area contributed by atoms with Crippen LogP contribution in [-0.2, 0) is 13.1 Å². The summed E-state index contributed by atoms with van der Waals surface area (Å²) >= 11 is 0. The Hall–Kier alpha value is -2.38. The van der Waals surface area contributed by atoms with Gasteiger partial charge in [-0.2, -0.15) is 5.10 Å². The van der Waals surface area contributed by atoms with Crippen LogP contribution in [0.5, 0.6) is 0 Å². The predicted octanol–water partition coefficient (Wildman–Crippen LogP) is 1.20. The van der Waals surface area contributed by atoms with Gasteiger partial charge in [-0.3, -0.25) is 14.3 Å². The average Bonchev–Trinajstić information content (AvgIpc) is 3.15. The molecule has 22 heavy (non-hydrogen) atoms. The second kappa shape index (κ2) is 4.82. The first kappa shape index (κ1) is 13.3. The average molecular weight is 303 g/mol. The van der Waals surface area contributed by atoms with Gasteiger partial charge in [-0.25, -0.2) is 14.5 Å². The number of hydrogen-bond donors (Lipinski definition) is 1. The third kappa shape index (κ3) is 1.90. The molecule has 0 saturated heterocycles. The van der Waals surface area contributed by atoms with Gasteiger partial charge in [0.25, 0.3) is 5.56 Å². The van der Waals surface area contributed by atoms with Gasteiger partial charge in [0.1, 0.15) is 11.2 Å². The molecule has 1 amide bonds. The Labute approximate surface area is 126 Å². The zero-order valence-electron chi connectivity index (χ0n) is 12.1. The minimum Gasteiger partial charge on any atom is -0.465 e. The molecule has 0 unspecified atom stereocenters. The van der Waals surface area contributed by atoms with Crippen LogP contribution in [0.25, 0.3) is 11.0 Å². The molecule has 8 heteroatoms. The molecule has 8 nitrogen and oxygen atoms in total. The predicted molar refractivity (Wildman–Crippen MR) is 77.7 cm³/mol. The van der Waals surface area contributed by atoms with Crippen LogP contribution >= 0.6 is 0 Å². The first-order valence-electron chi connectivity index (χ1n) is 7.60. The fourth-order valence-corrected chi connectivity index (χ4v) is 3.46. The van der Waals surface area contributed by atoms with Crippen molar-refractivity contribution < 1.29 is 9.90 Å². The zero-order chi connectivity index (χ0) is 15.3. The molecule has 0 bridgehead atoms. The molecule has 2 aliphatic rings. The van der Waals surface area contributed by atoms with E-state index in [1.807, 2.05) is 4.68 Å². The minimum atomic E-state index is -0.982. The summed E-state index contributed by atoms with van der Waals surface area (Å²) in [6, 6.07) is 0.298. The molecule has 0 atom stereocenters. The molecule has 2 aromatic heterocycles. The summed E-state index contributed by atoms with van der Waals surface area (Å²) < 4.78 is 3.42. The maximum absolute atomic E-state index is 12.6. The Balaban J connectivity index is 1.84. The molecule has 0 aromatic carbocycles. The normalized spacial score (nSPS) is 18.8.